The minimum Gasteiger partial charge on any atom is -0.493 e. The van der Waals surface area contributed by atoms with E-state index >= 15 is 0 Å². The molecule has 0 fully saturated rings. The lowest BCUT2D eigenvalue weighted by molar-refractivity contribution is 0.345. The van der Waals surface area contributed by atoms with Crippen molar-refractivity contribution in [2.75, 3.05) is 20.8 Å². The predicted molar refractivity (Wildman–Crippen MR) is 99.2 cm³/mol. The van der Waals surface area contributed by atoms with Crippen molar-refractivity contribution in [2.45, 2.75) is 12.3 Å². The molecule has 6 heteroatoms. The fourth-order valence-electron chi connectivity index (χ4n) is 2.56. The van der Waals surface area contributed by atoms with E-state index in [1.54, 1.807) is 31.4 Å². The third-order valence-electron chi connectivity index (χ3n) is 3.75. The zero-order valence-electron chi connectivity index (χ0n) is 14.5. The van der Waals surface area contributed by atoms with Crippen LogP contribution in [-0.4, -0.2) is 33.5 Å². The topological polar surface area (TPSA) is 55.8 Å². The van der Waals surface area contributed by atoms with Crippen LogP contribution in [0.5, 0.6) is 11.5 Å². The molecule has 0 aliphatic carbocycles. The van der Waals surface area contributed by atoms with Crippen LogP contribution in [0.2, 0.25) is 0 Å². The maximum atomic E-state index is 12.9. The third-order valence-corrected chi connectivity index (χ3v) is 5.51. The van der Waals surface area contributed by atoms with Crippen molar-refractivity contribution in [3.8, 4) is 11.5 Å². The molecule has 0 aliphatic heterocycles. The van der Waals surface area contributed by atoms with Crippen molar-refractivity contribution in [3.63, 3.8) is 0 Å². The van der Waals surface area contributed by atoms with Gasteiger partial charge in [0.2, 0.25) is 10.0 Å². The zero-order chi connectivity index (χ0) is 18.3. The summed E-state index contributed by atoms with van der Waals surface area (Å²) in [6.07, 6.45) is 1.58. The first kappa shape index (κ1) is 19.0. The van der Waals surface area contributed by atoms with E-state index in [1.165, 1.54) is 11.4 Å². The molecule has 2 rings (SSSR count). The maximum Gasteiger partial charge on any atom is 0.218 e. The lowest BCUT2D eigenvalue weighted by atomic mass is 10.2. The fourth-order valence-corrected chi connectivity index (χ4v) is 4.03. The summed E-state index contributed by atoms with van der Waals surface area (Å²) in [7, 11) is -0.424. The summed E-state index contributed by atoms with van der Waals surface area (Å²) < 4.78 is 37.8. The van der Waals surface area contributed by atoms with Gasteiger partial charge >= 0.3 is 0 Å². The van der Waals surface area contributed by atoms with E-state index in [0.29, 0.717) is 11.5 Å². The summed E-state index contributed by atoms with van der Waals surface area (Å²) >= 11 is 0. The minimum absolute atomic E-state index is 0.0615. The molecule has 0 saturated heterocycles. The smallest absolute Gasteiger partial charge is 0.218 e. The van der Waals surface area contributed by atoms with Crippen LogP contribution in [0.15, 0.2) is 61.2 Å². The monoisotopic (exact) mass is 361 g/mol. The quantitative estimate of drug-likeness (QED) is 0.644. The van der Waals surface area contributed by atoms with Gasteiger partial charge in [0.05, 0.1) is 20.0 Å². The van der Waals surface area contributed by atoms with Crippen LogP contribution < -0.4 is 9.47 Å². The average molecular weight is 361 g/mol. The number of methoxy groups -OCH3 is 2. The molecular formula is C19H23NO4S. The normalized spacial score (nSPS) is 11.3. The van der Waals surface area contributed by atoms with Crippen molar-refractivity contribution < 1.29 is 17.9 Å². The Balaban J connectivity index is 2.31. The molecule has 5 nitrogen and oxygen atoms in total. The molecule has 25 heavy (non-hydrogen) atoms. The summed E-state index contributed by atoms with van der Waals surface area (Å²) in [6, 6.07) is 14.5. The van der Waals surface area contributed by atoms with Gasteiger partial charge in [0.1, 0.15) is 0 Å². The van der Waals surface area contributed by atoms with Gasteiger partial charge in [-0.2, -0.15) is 4.31 Å². The van der Waals surface area contributed by atoms with Crippen LogP contribution in [0.1, 0.15) is 11.1 Å². The molecule has 0 amide bonds. The SMILES string of the molecule is C=CCN(Cc1cccc(OC)c1OC)S(=O)(=O)Cc1ccccc1. The summed E-state index contributed by atoms with van der Waals surface area (Å²) in [5, 5.41) is 0. The van der Waals surface area contributed by atoms with Crippen molar-refractivity contribution in [1.82, 2.24) is 4.31 Å². The molecule has 0 saturated carbocycles. The van der Waals surface area contributed by atoms with Crippen LogP contribution in [-0.2, 0) is 22.3 Å². The van der Waals surface area contributed by atoms with Gasteiger partial charge in [0.25, 0.3) is 0 Å². The second-order valence-electron chi connectivity index (χ2n) is 5.48. The Bertz CT molecular complexity index is 803. The fraction of sp³-hybridized carbons (Fsp3) is 0.263. The third kappa shape index (κ3) is 4.84. The summed E-state index contributed by atoms with van der Waals surface area (Å²) in [5.41, 5.74) is 1.48. The van der Waals surface area contributed by atoms with Gasteiger partial charge in [0, 0.05) is 18.7 Å². The molecule has 0 atom stereocenters. The number of rotatable bonds is 9. The Morgan fingerprint density at radius 3 is 2.36 bits per heavy atom. The number of ether oxygens (including phenoxy) is 2. The Hall–Kier alpha value is -2.31. The van der Waals surface area contributed by atoms with Crippen LogP contribution >= 0.6 is 0 Å². The van der Waals surface area contributed by atoms with Crippen molar-refractivity contribution in [2.24, 2.45) is 0 Å². The standard InChI is InChI=1S/C19H23NO4S/c1-4-13-20(25(21,22)15-16-9-6-5-7-10-16)14-17-11-8-12-18(23-2)19(17)24-3/h4-12H,1,13-15H2,2-3H3. The van der Waals surface area contributed by atoms with Crippen molar-refractivity contribution in [3.05, 3.63) is 72.3 Å². The Morgan fingerprint density at radius 2 is 1.76 bits per heavy atom. The van der Waals surface area contributed by atoms with E-state index in [0.717, 1.165) is 11.1 Å². The first-order chi connectivity index (χ1) is 12.0. The highest BCUT2D eigenvalue weighted by Crippen LogP contribution is 2.32. The molecule has 0 heterocycles. The van der Waals surface area contributed by atoms with Gasteiger partial charge in [0.15, 0.2) is 11.5 Å². The van der Waals surface area contributed by atoms with Gasteiger partial charge in [-0.15, -0.1) is 6.58 Å². The second kappa shape index (κ2) is 8.69. The van der Waals surface area contributed by atoms with E-state index in [9.17, 15) is 8.42 Å². The number of benzene rings is 2. The van der Waals surface area contributed by atoms with E-state index in [-0.39, 0.29) is 18.8 Å². The molecule has 0 unspecified atom stereocenters. The number of sulfonamides is 1. The minimum atomic E-state index is -3.51. The summed E-state index contributed by atoms with van der Waals surface area (Å²) in [6.45, 7) is 4.08. The summed E-state index contributed by atoms with van der Waals surface area (Å²) in [4.78, 5) is 0. The lowest BCUT2D eigenvalue weighted by Gasteiger charge is -2.22. The Labute approximate surface area is 149 Å². The molecule has 2 aromatic carbocycles. The average Bonchev–Trinajstić information content (AvgIpc) is 2.61. The molecule has 134 valence electrons. The van der Waals surface area contributed by atoms with E-state index in [1.807, 2.05) is 30.3 Å². The molecule has 0 aliphatic rings. The highest BCUT2D eigenvalue weighted by molar-refractivity contribution is 7.88. The van der Waals surface area contributed by atoms with E-state index < -0.39 is 10.0 Å². The van der Waals surface area contributed by atoms with Crippen LogP contribution in [0.4, 0.5) is 0 Å². The maximum absolute atomic E-state index is 12.9. The van der Waals surface area contributed by atoms with Crippen molar-refractivity contribution >= 4 is 10.0 Å². The molecule has 0 radical (unpaired) electrons. The number of hydrogen-bond acceptors (Lipinski definition) is 4. The van der Waals surface area contributed by atoms with Gasteiger partial charge in [-0.05, 0) is 11.6 Å². The molecule has 0 bridgehead atoms. The highest BCUT2D eigenvalue weighted by atomic mass is 32.2. The van der Waals surface area contributed by atoms with E-state index in [4.69, 9.17) is 9.47 Å². The molecule has 0 aromatic heterocycles. The Morgan fingerprint density at radius 1 is 1.04 bits per heavy atom. The van der Waals surface area contributed by atoms with Gasteiger partial charge in [-0.3, -0.25) is 0 Å². The van der Waals surface area contributed by atoms with Gasteiger partial charge in [-0.1, -0.05) is 48.5 Å². The number of hydrogen-bond donors (Lipinski definition) is 0. The predicted octanol–water partition coefficient (Wildman–Crippen LogP) is 3.22. The largest absolute Gasteiger partial charge is 0.493 e. The van der Waals surface area contributed by atoms with Crippen LogP contribution in [0.25, 0.3) is 0 Å². The summed E-state index contributed by atoms with van der Waals surface area (Å²) in [5.74, 6) is 1.04. The second-order valence-corrected chi connectivity index (χ2v) is 7.44. The molecule has 0 spiro atoms. The van der Waals surface area contributed by atoms with Gasteiger partial charge < -0.3 is 9.47 Å². The molecule has 0 N–H and O–H groups in total. The van der Waals surface area contributed by atoms with E-state index in [2.05, 4.69) is 6.58 Å². The first-order valence-electron chi connectivity index (χ1n) is 7.84. The zero-order valence-corrected chi connectivity index (χ0v) is 15.3. The van der Waals surface area contributed by atoms with Crippen LogP contribution in [0, 0.1) is 0 Å². The first-order valence-corrected chi connectivity index (χ1v) is 9.45. The number of para-hydroxylation sites is 1. The number of nitrogens with zero attached hydrogens (tertiary/aromatic N) is 1. The van der Waals surface area contributed by atoms with Crippen LogP contribution in [0.3, 0.4) is 0 Å². The van der Waals surface area contributed by atoms with Gasteiger partial charge in [-0.25, -0.2) is 8.42 Å². The van der Waals surface area contributed by atoms with Crippen molar-refractivity contribution in [1.29, 1.82) is 0 Å². The highest BCUT2D eigenvalue weighted by Gasteiger charge is 2.23. The lowest BCUT2D eigenvalue weighted by Crippen LogP contribution is -2.32. The molecule has 2 aromatic rings. The molecular weight excluding hydrogens is 338 g/mol. The Kier molecular flexibility index (Phi) is 6.61.